The van der Waals surface area contributed by atoms with E-state index in [4.69, 9.17) is 4.98 Å². The summed E-state index contributed by atoms with van der Waals surface area (Å²) in [5.41, 5.74) is 1.27. The fourth-order valence-corrected chi connectivity index (χ4v) is 2.81. The number of rotatable bonds is 4. The Balaban J connectivity index is 2.08. The zero-order chi connectivity index (χ0) is 14.6. The molecular weight excluding hydrogens is 246 g/mol. The van der Waals surface area contributed by atoms with Gasteiger partial charge in [-0.1, -0.05) is 13.0 Å². The van der Waals surface area contributed by atoms with E-state index in [0.29, 0.717) is 6.04 Å². The van der Waals surface area contributed by atoms with Gasteiger partial charge in [0.05, 0.1) is 5.69 Å². The Hall–Kier alpha value is -1.09. The maximum absolute atomic E-state index is 4.86. The molecule has 0 amide bonds. The average molecular weight is 275 g/mol. The Bertz CT molecular complexity index is 422. The first-order chi connectivity index (χ1) is 9.49. The van der Waals surface area contributed by atoms with Crippen LogP contribution in [-0.4, -0.2) is 23.1 Å². The van der Waals surface area contributed by atoms with Crippen molar-refractivity contribution in [2.24, 2.45) is 0 Å². The van der Waals surface area contributed by atoms with Crippen LogP contribution in [0.25, 0.3) is 0 Å². The van der Waals surface area contributed by atoms with Gasteiger partial charge < -0.3 is 10.2 Å². The van der Waals surface area contributed by atoms with Crippen LogP contribution in [0.2, 0.25) is 0 Å². The third kappa shape index (κ3) is 4.20. The Labute approximate surface area is 123 Å². The van der Waals surface area contributed by atoms with Gasteiger partial charge in [-0.05, 0) is 58.6 Å². The molecule has 0 aliphatic carbocycles. The number of nitrogens with one attached hydrogen (secondary N) is 1. The number of hydrogen-bond acceptors (Lipinski definition) is 3. The predicted octanol–water partition coefficient (Wildman–Crippen LogP) is 3.74. The molecule has 1 atom stereocenters. The second-order valence-electron chi connectivity index (χ2n) is 6.84. The van der Waals surface area contributed by atoms with E-state index in [-0.39, 0.29) is 5.54 Å². The number of piperidine rings is 1. The van der Waals surface area contributed by atoms with Crippen LogP contribution in [0.3, 0.4) is 0 Å². The van der Waals surface area contributed by atoms with Gasteiger partial charge in [-0.25, -0.2) is 4.98 Å². The van der Waals surface area contributed by atoms with E-state index in [1.165, 1.54) is 25.7 Å². The van der Waals surface area contributed by atoms with Crippen LogP contribution in [-0.2, 0) is 6.54 Å². The minimum atomic E-state index is 0.134. The number of aromatic nitrogens is 1. The topological polar surface area (TPSA) is 28.2 Å². The van der Waals surface area contributed by atoms with Gasteiger partial charge in [0.15, 0.2) is 0 Å². The van der Waals surface area contributed by atoms with Crippen LogP contribution < -0.4 is 10.2 Å². The van der Waals surface area contributed by atoms with Crippen molar-refractivity contribution in [1.82, 2.24) is 10.3 Å². The molecule has 1 saturated heterocycles. The lowest BCUT2D eigenvalue weighted by Gasteiger charge is -2.36. The van der Waals surface area contributed by atoms with Gasteiger partial charge in [0.25, 0.3) is 0 Å². The molecular formula is C17H29N3. The zero-order valence-corrected chi connectivity index (χ0v) is 13.4. The molecule has 0 aromatic carbocycles. The summed E-state index contributed by atoms with van der Waals surface area (Å²) in [4.78, 5) is 7.37. The molecule has 1 aromatic rings. The summed E-state index contributed by atoms with van der Waals surface area (Å²) in [5, 5.41) is 3.51. The van der Waals surface area contributed by atoms with Crippen LogP contribution in [0, 0.1) is 0 Å². The van der Waals surface area contributed by atoms with E-state index in [2.05, 4.69) is 56.1 Å². The molecule has 1 N–H and O–H groups in total. The van der Waals surface area contributed by atoms with Gasteiger partial charge in [0.1, 0.15) is 5.82 Å². The normalized spacial score (nSPS) is 20.2. The lowest BCUT2D eigenvalue weighted by atomic mass is 10.00. The SMILES string of the molecule is CCC1CCCCN1c1cccc(CNC(C)(C)C)n1. The fourth-order valence-electron chi connectivity index (χ4n) is 2.81. The molecule has 1 unspecified atom stereocenters. The average Bonchev–Trinajstić information content (AvgIpc) is 2.45. The Kier molecular flexibility index (Phi) is 5.03. The maximum atomic E-state index is 4.86. The highest BCUT2D eigenvalue weighted by molar-refractivity contribution is 5.41. The summed E-state index contributed by atoms with van der Waals surface area (Å²) in [6.07, 6.45) is 5.18. The van der Waals surface area contributed by atoms with Crippen molar-refractivity contribution in [2.45, 2.75) is 71.5 Å². The largest absolute Gasteiger partial charge is 0.354 e. The standard InChI is InChI=1S/C17H29N3/c1-5-15-10-6-7-12-20(15)16-11-8-9-14(19-16)13-18-17(2,3)4/h8-9,11,15,18H,5-7,10,12-13H2,1-4H3. The van der Waals surface area contributed by atoms with E-state index in [1.807, 2.05) is 0 Å². The van der Waals surface area contributed by atoms with E-state index in [9.17, 15) is 0 Å². The van der Waals surface area contributed by atoms with Crippen LogP contribution in [0.5, 0.6) is 0 Å². The molecule has 3 nitrogen and oxygen atoms in total. The number of hydrogen-bond donors (Lipinski definition) is 1. The van der Waals surface area contributed by atoms with Gasteiger partial charge in [0, 0.05) is 24.7 Å². The lowest BCUT2D eigenvalue weighted by Crippen LogP contribution is -2.40. The molecule has 1 fully saturated rings. The molecule has 1 aromatic heterocycles. The van der Waals surface area contributed by atoms with Crippen molar-refractivity contribution in [3.05, 3.63) is 23.9 Å². The monoisotopic (exact) mass is 275 g/mol. The Morgan fingerprint density at radius 2 is 2.10 bits per heavy atom. The second kappa shape index (κ2) is 6.57. The summed E-state index contributed by atoms with van der Waals surface area (Å²) in [6.45, 7) is 10.8. The van der Waals surface area contributed by atoms with Crippen LogP contribution in [0.1, 0.15) is 59.1 Å². The van der Waals surface area contributed by atoms with E-state index in [0.717, 1.165) is 24.6 Å². The fraction of sp³-hybridized carbons (Fsp3) is 0.706. The highest BCUT2D eigenvalue weighted by Crippen LogP contribution is 2.25. The molecule has 1 aliphatic rings. The molecule has 112 valence electrons. The number of pyridine rings is 1. The minimum absolute atomic E-state index is 0.134. The van der Waals surface area contributed by atoms with Gasteiger partial charge >= 0.3 is 0 Å². The van der Waals surface area contributed by atoms with Gasteiger partial charge in [-0.3, -0.25) is 0 Å². The summed E-state index contributed by atoms with van der Waals surface area (Å²) in [5.74, 6) is 1.16. The van der Waals surface area contributed by atoms with Crippen molar-refractivity contribution < 1.29 is 0 Å². The molecule has 2 rings (SSSR count). The molecule has 0 saturated carbocycles. The van der Waals surface area contributed by atoms with Gasteiger partial charge in [0.2, 0.25) is 0 Å². The first-order valence-electron chi connectivity index (χ1n) is 7.97. The molecule has 0 radical (unpaired) electrons. The molecule has 2 heterocycles. The smallest absolute Gasteiger partial charge is 0.129 e. The molecule has 0 spiro atoms. The van der Waals surface area contributed by atoms with Gasteiger partial charge in [-0.15, -0.1) is 0 Å². The maximum Gasteiger partial charge on any atom is 0.129 e. The van der Waals surface area contributed by atoms with Crippen molar-refractivity contribution in [3.63, 3.8) is 0 Å². The first kappa shape index (κ1) is 15.3. The highest BCUT2D eigenvalue weighted by Gasteiger charge is 2.22. The minimum Gasteiger partial charge on any atom is -0.354 e. The summed E-state index contributed by atoms with van der Waals surface area (Å²) < 4.78 is 0. The molecule has 20 heavy (non-hydrogen) atoms. The zero-order valence-electron chi connectivity index (χ0n) is 13.4. The lowest BCUT2D eigenvalue weighted by molar-refractivity contribution is 0.420. The van der Waals surface area contributed by atoms with Crippen molar-refractivity contribution in [2.75, 3.05) is 11.4 Å². The predicted molar refractivity (Wildman–Crippen MR) is 86.1 cm³/mol. The molecule has 3 heteroatoms. The summed E-state index contributed by atoms with van der Waals surface area (Å²) >= 11 is 0. The highest BCUT2D eigenvalue weighted by atomic mass is 15.2. The quantitative estimate of drug-likeness (QED) is 0.907. The Morgan fingerprint density at radius 3 is 2.80 bits per heavy atom. The Morgan fingerprint density at radius 1 is 1.30 bits per heavy atom. The third-order valence-corrected chi connectivity index (χ3v) is 3.98. The molecule has 0 bridgehead atoms. The molecule has 1 aliphatic heterocycles. The van der Waals surface area contributed by atoms with Crippen LogP contribution in [0.15, 0.2) is 18.2 Å². The van der Waals surface area contributed by atoms with E-state index >= 15 is 0 Å². The van der Waals surface area contributed by atoms with Gasteiger partial charge in [-0.2, -0.15) is 0 Å². The third-order valence-electron chi connectivity index (χ3n) is 3.98. The van der Waals surface area contributed by atoms with E-state index in [1.54, 1.807) is 0 Å². The van der Waals surface area contributed by atoms with Crippen molar-refractivity contribution >= 4 is 5.82 Å². The summed E-state index contributed by atoms with van der Waals surface area (Å²) in [6, 6.07) is 7.09. The van der Waals surface area contributed by atoms with Crippen molar-refractivity contribution in [1.29, 1.82) is 0 Å². The second-order valence-corrected chi connectivity index (χ2v) is 6.84. The first-order valence-corrected chi connectivity index (χ1v) is 7.97. The summed E-state index contributed by atoms with van der Waals surface area (Å²) in [7, 11) is 0. The van der Waals surface area contributed by atoms with Crippen LogP contribution >= 0.6 is 0 Å². The van der Waals surface area contributed by atoms with E-state index < -0.39 is 0 Å². The van der Waals surface area contributed by atoms with Crippen LogP contribution in [0.4, 0.5) is 5.82 Å². The number of nitrogens with zero attached hydrogens (tertiary/aromatic N) is 2. The number of anilines is 1. The van der Waals surface area contributed by atoms with Crippen molar-refractivity contribution in [3.8, 4) is 0 Å².